The van der Waals surface area contributed by atoms with Crippen molar-refractivity contribution in [1.29, 1.82) is 0 Å². The summed E-state index contributed by atoms with van der Waals surface area (Å²) < 4.78 is 6.76. The average Bonchev–Trinajstić information content (AvgIpc) is 2.44. The van der Waals surface area contributed by atoms with Crippen molar-refractivity contribution in [2.75, 3.05) is 17.7 Å². The highest BCUT2D eigenvalue weighted by atomic mass is 79.9. The van der Waals surface area contributed by atoms with Crippen molar-refractivity contribution in [1.82, 2.24) is 4.98 Å². The minimum atomic E-state index is -0.463. The quantitative estimate of drug-likeness (QED) is 0.736. The topological polar surface area (TPSA) is 77.2 Å². The molecular weight excluding hydrogens is 402 g/mol. The van der Waals surface area contributed by atoms with Gasteiger partial charge in [0.1, 0.15) is 0 Å². The Kier molecular flexibility index (Phi) is 5.19. The molecule has 0 unspecified atom stereocenters. The summed E-state index contributed by atoms with van der Waals surface area (Å²) in [6.07, 6.45) is 1.51. The van der Waals surface area contributed by atoms with Crippen LogP contribution in [-0.4, -0.2) is 17.6 Å². The minimum absolute atomic E-state index is 0.255. The molecule has 0 amide bonds. The first-order valence-corrected chi connectivity index (χ1v) is 7.75. The molecular formula is C14H13Br2N3O2. The normalized spacial score (nSPS) is 10.2. The standard InChI is InChI=1S/C14H13Br2N3O2/c1-2-21-14(20)9-5-6-18-13(12(9)17)19-11-4-3-8(15)7-10(11)16/h3-7H,2,17H2,1H3,(H,18,19). The zero-order valence-corrected chi connectivity index (χ0v) is 14.4. The lowest BCUT2D eigenvalue weighted by molar-refractivity contribution is 0.0527. The fourth-order valence-electron chi connectivity index (χ4n) is 1.68. The van der Waals surface area contributed by atoms with Crippen molar-refractivity contribution < 1.29 is 9.53 Å². The van der Waals surface area contributed by atoms with Crippen LogP contribution in [0, 0.1) is 0 Å². The largest absolute Gasteiger partial charge is 0.462 e. The number of halogens is 2. The van der Waals surface area contributed by atoms with Crippen LogP contribution >= 0.6 is 31.9 Å². The molecule has 3 N–H and O–H groups in total. The molecule has 0 saturated carbocycles. The lowest BCUT2D eigenvalue weighted by Gasteiger charge is -2.12. The molecule has 0 bridgehead atoms. The number of benzene rings is 1. The number of nitrogens with two attached hydrogens (primary N) is 1. The molecule has 0 aliphatic heterocycles. The maximum atomic E-state index is 11.8. The van der Waals surface area contributed by atoms with E-state index in [2.05, 4.69) is 42.2 Å². The van der Waals surface area contributed by atoms with Crippen LogP contribution in [0.4, 0.5) is 17.2 Å². The summed E-state index contributed by atoms with van der Waals surface area (Å²) in [5.74, 6) is -0.0566. The lowest BCUT2D eigenvalue weighted by Crippen LogP contribution is -2.10. The second-order valence-corrected chi connectivity index (χ2v) is 5.86. The molecule has 110 valence electrons. The maximum absolute atomic E-state index is 11.8. The molecule has 0 atom stereocenters. The first kappa shape index (κ1) is 15.8. The molecule has 0 saturated heterocycles. The number of carbonyl (C=O) groups is 1. The lowest BCUT2D eigenvalue weighted by atomic mass is 10.2. The molecule has 2 aromatic rings. The molecule has 0 radical (unpaired) electrons. The van der Waals surface area contributed by atoms with E-state index in [1.54, 1.807) is 6.92 Å². The van der Waals surface area contributed by atoms with Gasteiger partial charge in [-0.2, -0.15) is 0 Å². The molecule has 1 aromatic heterocycles. The molecule has 5 nitrogen and oxygen atoms in total. The second-order valence-electron chi connectivity index (χ2n) is 4.09. The van der Waals surface area contributed by atoms with Gasteiger partial charge in [0, 0.05) is 15.1 Å². The van der Waals surface area contributed by atoms with Crippen molar-refractivity contribution in [2.45, 2.75) is 6.92 Å². The van der Waals surface area contributed by atoms with E-state index in [9.17, 15) is 4.79 Å². The van der Waals surface area contributed by atoms with Crippen molar-refractivity contribution in [3.05, 3.63) is 45.0 Å². The highest BCUT2D eigenvalue weighted by Gasteiger charge is 2.15. The van der Waals surface area contributed by atoms with E-state index in [4.69, 9.17) is 10.5 Å². The molecule has 1 aromatic carbocycles. The molecule has 1 heterocycles. The number of carbonyl (C=O) groups excluding carboxylic acids is 1. The predicted molar refractivity (Wildman–Crippen MR) is 89.7 cm³/mol. The zero-order chi connectivity index (χ0) is 15.4. The second kappa shape index (κ2) is 6.91. The van der Waals surface area contributed by atoms with Gasteiger partial charge in [0.05, 0.1) is 23.5 Å². The highest BCUT2D eigenvalue weighted by Crippen LogP contribution is 2.31. The fourth-order valence-corrected chi connectivity index (χ4v) is 2.82. The minimum Gasteiger partial charge on any atom is -0.462 e. The summed E-state index contributed by atoms with van der Waals surface area (Å²) in [6, 6.07) is 7.19. The van der Waals surface area contributed by atoms with Gasteiger partial charge < -0.3 is 15.8 Å². The number of nitrogens with zero attached hydrogens (tertiary/aromatic N) is 1. The highest BCUT2D eigenvalue weighted by molar-refractivity contribution is 9.11. The number of nitrogen functional groups attached to an aromatic ring is 1. The molecule has 0 spiro atoms. The van der Waals surface area contributed by atoms with Crippen LogP contribution in [0.3, 0.4) is 0 Å². The molecule has 0 fully saturated rings. The number of nitrogens with one attached hydrogen (secondary N) is 1. The maximum Gasteiger partial charge on any atom is 0.340 e. The SMILES string of the molecule is CCOC(=O)c1ccnc(Nc2ccc(Br)cc2Br)c1N. The predicted octanol–water partition coefficient (Wildman–Crippen LogP) is 4.11. The Morgan fingerprint density at radius 1 is 1.38 bits per heavy atom. The number of hydrogen-bond acceptors (Lipinski definition) is 5. The van der Waals surface area contributed by atoms with E-state index in [1.165, 1.54) is 12.3 Å². The van der Waals surface area contributed by atoms with Gasteiger partial charge in [-0.1, -0.05) is 15.9 Å². The Labute approximate surface area is 139 Å². The molecule has 0 aliphatic carbocycles. The van der Waals surface area contributed by atoms with Crippen molar-refractivity contribution in [3.8, 4) is 0 Å². The van der Waals surface area contributed by atoms with Gasteiger partial charge in [0.25, 0.3) is 0 Å². The van der Waals surface area contributed by atoms with E-state index >= 15 is 0 Å². The summed E-state index contributed by atoms with van der Waals surface area (Å²) in [7, 11) is 0. The third kappa shape index (κ3) is 3.74. The first-order valence-electron chi connectivity index (χ1n) is 6.16. The Morgan fingerprint density at radius 2 is 2.14 bits per heavy atom. The Balaban J connectivity index is 2.32. The number of hydrogen-bond donors (Lipinski definition) is 2. The van der Waals surface area contributed by atoms with Crippen molar-refractivity contribution in [2.24, 2.45) is 0 Å². The van der Waals surface area contributed by atoms with Crippen LogP contribution in [-0.2, 0) is 4.74 Å². The van der Waals surface area contributed by atoms with Crippen molar-refractivity contribution in [3.63, 3.8) is 0 Å². The van der Waals surface area contributed by atoms with Gasteiger partial charge in [-0.3, -0.25) is 0 Å². The summed E-state index contributed by atoms with van der Waals surface area (Å²) in [5.41, 5.74) is 7.33. The van der Waals surface area contributed by atoms with Crippen LogP contribution in [0.1, 0.15) is 17.3 Å². The molecule has 21 heavy (non-hydrogen) atoms. The Bertz CT molecular complexity index is 677. The fraction of sp³-hybridized carbons (Fsp3) is 0.143. The van der Waals surface area contributed by atoms with Crippen LogP contribution in [0.25, 0.3) is 0 Å². The summed E-state index contributed by atoms with van der Waals surface area (Å²) >= 11 is 6.83. The van der Waals surface area contributed by atoms with E-state index < -0.39 is 5.97 Å². The van der Waals surface area contributed by atoms with Crippen LogP contribution < -0.4 is 11.1 Å². The summed E-state index contributed by atoms with van der Waals surface area (Å²) in [6.45, 7) is 2.04. The van der Waals surface area contributed by atoms with Gasteiger partial charge in [-0.05, 0) is 47.1 Å². The summed E-state index contributed by atoms with van der Waals surface area (Å²) in [5, 5.41) is 3.09. The third-order valence-electron chi connectivity index (χ3n) is 2.67. The van der Waals surface area contributed by atoms with Crippen molar-refractivity contribution >= 4 is 55.0 Å². The number of esters is 1. The van der Waals surface area contributed by atoms with Crippen LogP contribution in [0.5, 0.6) is 0 Å². The number of anilines is 3. The monoisotopic (exact) mass is 413 g/mol. The van der Waals surface area contributed by atoms with E-state index in [0.29, 0.717) is 18.0 Å². The van der Waals surface area contributed by atoms with E-state index in [0.717, 1.165) is 14.6 Å². The number of rotatable bonds is 4. The molecule has 2 rings (SSSR count). The third-order valence-corrected chi connectivity index (χ3v) is 3.82. The smallest absolute Gasteiger partial charge is 0.340 e. The van der Waals surface area contributed by atoms with Gasteiger partial charge in [-0.15, -0.1) is 0 Å². The number of ether oxygens (including phenoxy) is 1. The molecule has 7 heteroatoms. The van der Waals surface area contributed by atoms with Gasteiger partial charge >= 0.3 is 5.97 Å². The Hall–Kier alpha value is -1.60. The van der Waals surface area contributed by atoms with Crippen LogP contribution in [0.15, 0.2) is 39.4 Å². The van der Waals surface area contributed by atoms with E-state index in [1.807, 2.05) is 18.2 Å². The van der Waals surface area contributed by atoms with Gasteiger partial charge in [-0.25, -0.2) is 9.78 Å². The number of aromatic nitrogens is 1. The van der Waals surface area contributed by atoms with E-state index in [-0.39, 0.29) is 5.69 Å². The summed E-state index contributed by atoms with van der Waals surface area (Å²) in [4.78, 5) is 16.0. The first-order chi connectivity index (χ1) is 10.0. The van der Waals surface area contributed by atoms with Gasteiger partial charge in [0.2, 0.25) is 0 Å². The zero-order valence-electron chi connectivity index (χ0n) is 11.2. The number of pyridine rings is 1. The van der Waals surface area contributed by atoms with Crippen LogP contribution in [0.2, 0.25) is 0 Å². The van der Waals surface area contributed by atoms with Gasteiger partial charge in [0.15, 0.2) is 5.82 Å². The average molecular weight is 415 g/mol. The Morgan fingerprint density at radius 3 is 2.81 bits per heavy atom. The molecule has 0 aliphatic rings.